The average molecular weight is 655 g/mol. The van der Waals surface area contributed by atoms with Crippen LogP contribution in [0.3, 0.4) is 0 Å². The highest BCUT2D eigenvalue weighted by Crippen LogP contribution is 2.75. The zero-order valence-electron chi connectivity index (χ0n) is 27.7. The van der Waals surface area contributed by atoms with Crippen LogP contribution in [0.1, 0.15) is 78.1 Å². The van der Waals surface area contributed by atoms with Crippen molar-refractivity contribution in [1.82, 2.24) is 0 Å². The monoisotopic (exact) mass is 654 g/mol. The van der Waals surface area contributed by atoms with E-state index in [0.29, 0.717) is 5.57 Å². The van der Waals surface area contributed by atoms with Crippen molar-refractivity contribution >= 4 is 35.6 Å². The molecular formula is C35H42O12. The minimum Gasteiger partial charge on any atom is -0.465 e. The highest BCUT2D eigenvalue weighted by atomic mass is 16.6. The van der Waals surface area contributed by atoms with Gasteiger partial charge in [0.2, 0.25) is 0 Å². The van der Waals surface area contributed by atoms with Crippen LogP contribution in [-0.2, 0) is 47.7 Å². The third-order valence-corrected chi connectivity index (χ3v) is 11.0. The fraction of sp³-hybridized carbons (Fsp3) is 0.600. The van der Waals surface area contributed by atoms with Crippen LogP contribution in [0.4, 0.5) is 0 Å². The van der Waals surface area contributed by atoms with E-state index >= 15 is 0 Å². The first-order valence-electron chi connectivity index (χ1n) is 15.8. The van der Waals surface area contributed by atoms with Crippen LogP contribution in [0.15, 0.2) is 42.0 Å². The quantitative estimate of drug-likeness (QED) is 0.337. The molecule has 0 bridgehead atoms. The standard InChI is InChI=1S/C35H42O12/c1-18-13-25-32(7)31(45-22(5)38)34(42)15-19(2)28(46-30(41)24-11-9-8-10-12-24)27(34)29(44-21(4)37)33(32,17-43-20(3)36)16-35(25,26(40)14-18)47-23(6)39/h8-12,14,19,25,27-29,31,42H,13,15-17H2,1-7H3/t19-,25-,27+,28-,29+,31+,32+,33+,34+,35-/m0/s1. The van der Waals surface area contributed by atoms with Gasteiger partial charge < -0.3 is 28.8 Å². The predicted octanol–water partition coefficient (Wildman–Crippen LogP) is 3.27. The number of hydrogen-bond acceptors (Lipinski definition) is 12. The second-order valence-electron chi connectivity index (χ2n) is 13.9. The van der Waals surface area contributed by atoms with E-state index < -0.39 is 100 Å². The molecule has 3 saturated carbocycles. The Morgan fingerprint density at radius 3 is 2.13 bits per heavy atom. The van der Waals surface area contributed by atoms with Crippen molar-refractivity contribution in [3.05, 3.63) is 47.5 Å². The third kappa shape index (κ3) is 5.25. The summed E-state index contributed by atoms with van der Waals surface area (Å²) in [7, 11) is 0. The zero-order chi connectivity index (χ0) is 34.7. The summed E-state index contributed by atoms with van der Waals surface area (Å²) in [4.78, 5) is 78.7. The number of carbonyl (C=O) groups excluding carboxylic acids is 6. The van der Waals surface area contributed by atoms with Crippen LogP contribution in [0.2, 0.25) is 0 Å². The van der Waals surface area contributed by atoms with E-state index in [1.54, 1.807) is 51.1 Å². The molecule has 0 amide bonds. The molecule has 0 aromatic heterocycles. The number of aliphatic hydroxyl groups is 1. The number of fused-ring (bicyclic) bond motifs is 4. The number of esters is 5. The Balaban J connectivity index is 1.81. The van der Waals surface area contributed by atoms with Gasteiger partial charge in [0.1, 0.15) is 30.5 Å². The van der Waals surface area contributed by atoms with Gasteiger partial charge in [-0.2, -0.15) is 0 Å². The van der Waals surface area contributed by atoms with Gasteiger partial charge in [-0.3, -0.25) is 24.0 Å². The SMILES string of the molecule is CC(=O)OC[C@@]12C[C@@]3(OC(C)=O)C(=O)C=C(C)C[C@H]3[C@]1(C)[C@@H](OC(C)=O)[C@@]1(O)C[C@H](C)[C@H](OC(=O)c3ccccc3)[C@@H]1[C@H]2OC(C)=O. The van der Waals surface area contributed by atoms with Gasteiger partial charge in [-0.1, -0.05) is 37.6 Å². The number of allylic oxidation sites excluding steroid dienone is 1. The minimum atomic E-state index is -1.98. The number of rotatable bonds is 7. The fourth-order valence-corrected chi connectivity index (χ4v) is 9.46. The zero-order valence-corrected chi connectivity index (χ0v) is 27.7. The van der Waals surface area contributed by atoms with E-state index in [1.807, 2.05) is 0 Å². The molecule has 12 nitrogen and oxygen atoms in total. The third-order valence-electron chi connectivity index (χ3n) is 11.0. The second-order valence-corrected chi connectivity index (χ2v) is 13.9. The van der Waals surface area contributed by atoms with Crippen molar-refractivity contribution in [3.8, 4) is 0 Å². The molecule has 1 aromatic carbocycles. The maximum absolute atomic E-state index is 14.1. The Morgan fingerprint density at radius 2 is 1.55 bits per heavy atom. The minimum absolute atomic E-state index is 0.0462. The van der Waals surface area contributed by atoms with E-state index in [0.717, 1.165) is 0 Å². The van der Waals surface area contributed by atoms with E-state index in [4.69, 9.17) is 23.7 Å². The topological polar surface area (TPSA) is 169 Å². The summed E-state index contributed by atoms with van der Waals surface area (Å²) < 4.78 is 30.0. The van der Waals surface area contributed by atoms with Gasteiger partial charge in [0.05, 0.1) is 16.9 Å². The molecule has 4 aliphatic carbocycles. The normalized spacial score (nSPS) is 38.6. The lowest BCUT2D eigenvalue weighted by atomic mass is 9.46. The molecule has 0 heterocycles. The highest BCUT2D eigenvalue weighted by molar-refractivity contribution is 6.01. The van der Waals surface area contributed by atoms with Gasteiger partial charge in [0.25, 0.3) is 0 Å². The molecule has 0 unspecified atom stereocenters. The molecule has 5 rings (SSSR count). The summed E-state index contributed by atoms with van der Waals surface area (Å²) in [5.74, 6) is -6.82. The van der Waals surface area contributed by atoms with Crippen LogP contribution in [-0.4, -0.2) is 76.9 Å². The number of carbonyl (C=O) groups is 6. The summed E-state index contributed by atoms with van der Waals surface area (Å²) in [6.07, 6.45) is -2.64. The summed E-state index contributed by atoms with van der Waals surface area (Å²) >= 11 is 0. The van der Waals surface area contributed by atoms with E-state index in [2.05, 4.69) is 0 Å². The van der Waals surface area contributed by atoms with E-state index in [-0.39, 0.29) is 24.8 Å². The molecule has 0 aliphatic heterocycles. The number of hydrogen-bond donors (Lipinski definition) is 1. The largest absolute Gasteiger partial charge is 0.465 e. The Hall–Kier alpha value is -4.06. The van der Waals surface area contributed by atoms with E-state index in [9.17, 15) is 33.9 Å². The molecule has 0 saturated heterocycles. The van der Waals surface area contributed by atoms with Gasteiger partial charge in [-0.05, 0) is 43.9 Å². The molecule has 12 heteroatoms. The van der Waals surface area contributed by atoms with Crippen LogP contribution < -0.4 is 0 Å². The smallest absolute Gasteiger partial charge is 0.338 e. The van der Waals surface area contributed by atoms with Crippen LogP contribution in [0, 0.1) is 28.6 Å². The van der Waals surface area contributed by atoms with Crippen LogP contribution in [0.5, 0.6) is 0 Å². The van der Waals surface area contributed by atoms with Crippen molar-refractivity contribution in [2.75, 3.05) is 6.61 Å². The fourth-order valence-electron chi connectivity index (χ4n) is 9.46. The first-order chi connectivity index (χ1) is 21.9. The highest BCUT2D eigenvalue weighted by Gasteiger charge is 2.85. The van der Waals surface area contributed by atoms with Gasteiger partial charge in [0, 0.05) is 45.4 Å². The molecule has 47 heavy (non-hydrogen) atoms. The molecule has 254 valence electrons. The van der Waals surface area contributed by atoms with Crippen molar-refractivity contribution in [3.63, 3.8) is 0 Å². The number of benzene rings is 1. The maximum Gasteiger partial charge on any atom is 0.338 e. The average Bonchev–Trinajstić information content (AvgIpc) is 3.35. The molecular weight excluding hydrogens is 612 g/mol. The summed E-state index contributed by atoms with van der Waals surface area (Å²) in [6, 6.07) is 8.23. The van der Waals surface area contributed by atoms with Gasteiger partial charge in [-0.15, -0.1) is 0 Å². The number of ketones is 1. The molecule has 10 atom stereocenters. The Labute approximate surface area is 273 Å². The Kier molecular flexibility index (Phi) is 8.66. The lowest BCUT2D eigenvalue weighted by Gasteiger charge is -2.62. The molecule has 1 aromatic rings. The van der Waals surface area contributed by atoms with Crippen molar-refractivity contribution < 1.29 is 57.6 Å². The van der Waals surface area contributed by atoms with Gasteiger partial charge >= 0.3 is 29.8 Å². The van der Waals surface area contributed by atoms with Crippen LogP contribution in [0.25, 0.3) is 0 Å². The molecule has 1 N–H and O–H groups in total. The van der Waals surface area contributed by atoms with Gasteiger partial charge in [-0.25, -0.2) is 4.79 Å². The number of ether oxygens (including phenoxy) is 5. The Bertz CT molecular complexity index is 1530. The summed E-state index contributed by atoms with van der Waals surface area (Å²) in [5, 5.41) is 12.9. The summed E-state index contributed by atoms with van der Waals surface area (Å²) in [5.41, 5.74) is -6.05. The van der Waals surface area contributed by atoms with Crippen molar-refractivity contribution in [1.29, 1.82) is 0 Å². The summed E-state index contributed by atoms with van der Waals surface area (Å²) in [6.45, 7) is 9.48. The van der Waals surface area contributed by atoms with Gasteiger partial charge in [0.15, 0.2) is 11.4 Å². The molecule has 4 aliphatic rings. The second kappa shape index (κ2) is 11.9. The Morgan fingerprint density at radius 1 is 0.915 bits per heavy atom. The van der Waals surface area contributed by atoms with Crippen molar-refractivity contribution in [2.24, 2.45) is 28.6 Å². The maximum atomic E-state index is 14.1. The van der Waals surface area contributed by atoms with E-state index in [1.165, 1.54) is 33.8 Å². The first-order valence-corrected chi connectivity index (χ1v) is 15.8. The lowest BCUT2D eigenvalue weighted by Crippen LogP contribution is -2.74. The molecule has 3 fully saturated rings. The molecule has 0 radical (unpaired) electrons. The lowest BCUT2D eigenvalue weighted by molar-refractivity contribution is -0.294. The van der Waals surface area contributed by atoms with Crippen molar-refractivity contribution in [2.45, 2.75) is 97.2 Å². The predicted molar refractivity (Wildman–Crippen MR) is 162 cm³/mol. The molecule has 0 spiro atoms. The van der Waals surface area contributed by atoms with Crippen LogP contribution >= 0.6 is 0 Å². The first kappa shape index (κ1) is 34.3.